The van der Waals surface area contributed by atoms with Crippen LogP contribution in [0.15, 0.2) is 4.90 Å². The van der Waals surface area contributed by atoms with Crippen LogP contribution in [0.5, 0.6) is 0 Å². The number of rotatable bonds is 5. The lowest BCUT2D eigenvalue weighted by Crippen LogP contribution is -2.05. The Balaban J connectivity index is 3.60. The van der Waals surface area contributed by atoms with Gasteiger partial charge in [-0.3, -0.25) is 4.68 Å². The summed E-state index contributed by atoms with van der Waals surface area (Å²) in [6.07, 6.45) is 1.08. The standard InChI is InChI=1S/C9H13ClN2O4S/c1-3-5-6-8(17(10,15)16)7(9(13)14)11-12(6)4-2/h3-5H2,1-2H3,(H,13,14). The zero-order valence-corrected chi connectivity index (χ0v) is 11.0. The predicted molar refractivity (Wildman–Crippen MR) is 61.9 cm³/mol. The molecular formula is C9H13ClN2O4S. The lowest BCUT2D eigenvalue weighted by Gasteiger charge is -2.04. The Morgan fingerprint density at radius 3 is 2.41 bits per heavy atom. The molecule has 0 fully saturated rings. The maximum atomic E-state index is 11.4. The minimum atomic E-state index is -4.11. The molecule has 1 aromatic rings. The summed E-state index contributed by atoms with van der Waals surface area (Å²) in [5.74, 6) is -1.39. The Bertz CT molecular complexity index is 535. The molecule has 1 rings (SSSR count). The van der Waals surface area contributed by atoms with Gasteiger partial charge in [-0.05, 0) is 13.3 Å². The van der Waals surface area contributed by atoms with Crippen LogP contribution in [0, 0.1) is 0 Å². The van der Waals surface area contributed by atoms with E-state index in [4.69, 9.17) is 15.8 Å². The van der Waals surface area contributed by atoms with Gasteiger partial charge in [0.1, 0.15) is 4.90 Å². The molecular weight excluding hydrogens is 268 g/mol. The number of carbonyl (C=O) groups is 1. The normalized spacial score (nSPS) is 11.7. The smallest absolute Gasteiger partial charge is 0.357 e. The third-order valence-electron chi connectivity index (χ3n) is 2.24. The van der Waals surface area contributed by atoms with E-state index in [0.717, 1.165) is 0 Å². The molecule has 0 atom stereocenters. The fraction of sp³-hybridized carbons (Fsp3) is 0.556. The summed E-state index contributed by atoms with van der Waals surface area (Å²) < 4.78 is 24.2. The van der Waals surface area contributed by atoms with Crippen LogP contribution in [0.3, 0.4) is 0 Å². The van der Waals surface area contributed by atoms with E-state index < -0.39 is 20.7 Å². The molecule has 1 heterocycles. The summed E-state index contributed by atoms with van der Waals surface area (Å²) in [5.41, 5.74) is -0.160. The van der Waals surface area contributed by atoms with E-state index in [2.05, 4.69) is 5.10 Å². The molecule has 1 N–H and O–H groups in total. The summed E-state index contributed by atoms with van der Waals surface area (Å²) in [7, 11) is 1.16. The van der Waals surface area contributed by atoms with Gasteiger partial charge in [-0.1, -0.05) is 13.3 Å². The average molecular weight is 281 g/mol. The number of nitrogens with zero attached hydrogens (tertiary/aromatic N) is 2. The molecule has 1 aromatic heterocycles. The maximum absolute atomic E-state index is 11.4. The van der Waals surface area contributed by atoms with Gasteiger partial charge in [0, 0.05) is 17.2 Å². The molecule has 0 spiro atoms. The fourth-order valence-electron chi connectivity index (χ4n) is 1.62. The highest BCUT2D eigenvalue weighted by atomic mass is 35.7. The van der Waals surface area contributed by atoms with Crippen LogP contribution in [0.25, 0.3) is 0 Å². The molecule has 0 unspecified atom stereocenters. The van der Waals surface area contributed by atoms with Gasteiger partial charge in [-0.2, -0.15) is 5.10 Å². The highest BCUT2D eigenvalue weighted by Crippen LogP contribution is 2.25. The van der Waals surface area contributed by atoms with Crippen LogP contribution in [0.2, 0.25) is 0 Å². The van der Waals surface area contributed by atoms with Gasteiger partial charge in [0.05, 0.1) is 5.69 Å². The van der Waals surface area contributed by atoms with E-state index in [1.165, 1.54) is 4.68 Å². The van der Waals surface area contributed by atoms with E-state index in [-0.39, 0.29) is 4.90 Å². The first-order valence-corrected chi connectivity index (χ1v) is 7.41. The highest BCUT2D eigenvalue weighted by molar-refractivity contribution is 8.13. The molecule has 0 radical (unpaired) electrons. The van der Waals surface area contributed by atoms with Crippen molar-refractivity contribution in [1.82, 2.24) is 9.78 Å². The van der Waals surface area contributed by atoms with Crippen molar-refractivity contribution in [2.75, 3.05) is 0 Å². The third-order valence-corrected chi connectivity index (χ3v) is 3.62. The van der Waals surface area contributed by atoms with Gasteiger partial charge in [-0.15, -0.1) is 0 Å². The van der Waals surface area contributed by atoms with Crippen molar-refractivity contribution in [3.05, 3.63) is 11.4 Å². The molecule has 96 valence electrons. The Morgan fingerprint density at radius 1 is 1.47 bits per heavy atom. The van der Waals surface area contributed by atoms with Crippen molar-refractivity contribution < 1.29 is 18.3 Å². The van der Waals surface area contributed by atoms with E-state index in [9.17, 15) is 13.2 Å². The maximum Gasteiger partial charge on any atom is 0.357 e. The molecule has 0 aliphatic carbocycles. The van der Waals surface area contributed by atoms with Crippen LogP contribution in [-0.4, -0.2) is 29.3 Å². The topological polar surface area (TPSA) is 89.3 Å². The molecule has 0 aliphatic rings. The molecule has 17 heavy (non-hydrogen) atoms. The molecule has 0 bridgehead atoms. The van der Waals surface area contributed by atoms with Crippen LogP contribution in [-0.2, 0) is 22.0 Å². The van der Waals surface area contributed by atoms with Gasteiger partial charge < -0.3 is 5.11 Å². The number of carboxylic acids is 1. The van der Waals surface area contributed by atoms with Crippen molar-refractivity contribution in [3.8, 4) is 0 Å². The van der Waals surface area contributed by atoms with Gasteiger partial charge in [0.15, 0.2) is 5.69 Å². The first-order valence-electron chi connectivity index (χ1n) is 5.10. The Hall–Kier alpha value is -1.08. The van der Waals surface area contributed by atoms with Crippen molar-refractivity contribution in [3.63, 3.8) is 0 Å². The average Bonchev–Trinajstić information content (AvgIpc) is 2.56. The fourth-order valence-corrected chi connectivity index (χ4v) is 2.95. The van der Waals surface area contributed by atoms with Crippen LogP contribution < -0.4 is 0 Å². The molecule has 0 aromatic carbocycles. The van der Waals surface area contributed by atoms with Crippen LogP contribution >= 0.6 is 10.7 Å². The van der Waals surface area contributed by atoms with Crippen molar-refractivity contribution in [2.45, 2.75) is 38.1 Å². The lowest BCUT2D eigenvalue weighted by molar-refractivity contribution is 0.0685. The van der Waals surface area contributed by atoms with Crippen molar-refractivity contribution in [1.29, 1.82) is 0 Å². The van der Waals surface area contributed by atoms with Crippen LogP contribution in [0.4, 0.5) is 0 Å². The second-order valence-electron chi connectivity index (χ2n) is 3.43. The summed E-state index contributed by atoms with van der Waals surface area (Å²) in [6, 6.07) is 0. The van der Waals surface area contributed by atoms with E-state index in [0.29, 0.717) is 25.1 Å². The minimum absolute atomic E-state index is 0.349. The Labute approximate surface area is 104 Å². The predicted octanol–water partition coefficient (Wildman–Crippen LogP) is 1.48. The molecule has 0 aliphatic heterocycles. The third kappa shape index (κ3) is 2.78. The summed E-state index contributed by atoms with van der Waals surface area (Å²) >= 11 is 0. The van der Waals surface area contributed by atoms with Gasteiger partial charge in [-0.25, -0.2) is 13.2 Å². The Morgan fingerprint density at radius 2 is 2.06 bits per heavy atom. The Kier molecular flexibility index (Phi) is 4.16. The minimum Gasteiger partial charge on any atom is -0.476 e. The van der Waals surface area contributed by atoms with Gasteiger partial charge in [0.25, 0.3) is 9.05 Å². The first kappa shape index (κ1) is 14.0. The van der Waals surface area contributed by atoms with E-state index in [1.807, 2.05) is 6.92 Å². The number of aromatic nitrogens is 2. The number of carboxylic acid groups (broad SMARTS) is 1. The zero-order valence-electron chi connectivity index (χ0n) is 9.47. The number of hydrogen-bond acceptors (Lipinski definition) is 4. The van der Waals surface area contributed by atoms with Gasteiger partial charge in [0.2, 0.25) is 0 Å². The quantitative estimate of drug-likeness (QED) is 0.825. The monoisotopic (exact) mass is 280 g/mol. The first-order chi connectivity index (χ1) is 7.82. The van der Waals surface area contributed by atoms with Gasteiger partial charge >= 0.3 is 5.97 Å². The molecule has 0 saturated carbocycles. The number of halogens is 1. The molecule has 0 saturated heterocycles. The number of aryl methyl sites for hydroxylation is 1. The summed E-state index contributed by atoms with van der Waals surface area (Å²) in [4.78, 5) is 10.6. The SMILES string of the molecule is CCCc1c(S(=O)(=O)Cl)c(C(=O)O)nn1CC. The summed E-state index contributed by atoms with van der Waals surface area (Å²) in [5, 5.41) is 12.7. The highest BCUT2D eigenvalue weighted by Gasteiger charge is 2.29. The molecule has 6 nitrogen and oxygen atoms in total. The number of hydrogen-bond donors (Lipinski definition) is 1. The molecule has 0 amide bonds. The van der Waals surface area contributed by atoms with Crippen LogP contribution in [0.1, 0.15) is 36.5 Å². The van der Waals surface area contributed by atoms with Crippen molar-refractivity contribution in [2.24, 2.45) is 0 Å². The lowest BCUT2D eigenvalue weighted by atomic mass is 10.2. The largest absolute Gasteiger partial charge is 0.476 e. The van der Waals surface area contributed by atoms with E-state index in [1.54, 1.807) is 6.92 Å². The molecule has 8 heteroatoms. The second kappa shape index (κ2) is 5.05. The van der Waals surface area contributed by atoms with Crippen molar-refractivity contribution >= 4 is 25.7 Å². The second-order valence-corrected chi connectivity index (χ2v) is 5.94. The zero-order chi connectivity index (χ0) is 13.2. The summed E-state index contributed by atoms with van der Waals surface area (Å²) in [6.45, 7) is 4.00. The van der Waals surface area contributed by atoms with E-state index >= 15 is 0 Å². The number of aromatic carboxylic acids is 1.